The first-order valence-electron chi connectivity index (χ1n) is 5.92. The molecule has 0 radical (unpaired) electrons. The molecule has 1 aromatic heterocycles. The largest absolute Gasteiger partial charge is 0.514 e. The monoisotopic (exact) mass is 250 g/mol. The van der Waals surface area contributed by atoms with Gasteiger partial charge in [0, 0.05) is 6.07 Å². The molecule has 0 bridgehead atoms. The van der Waals surface area contributed by atoms with Crippen LogP contribution in [0.25, 0.3) is 0 Å². The lowest BCUT2D eigenvalue weighted by Crippen LogP contribution is -2.41. The number of ether oxygens (including phenoxy) is 1. The fourth-order valence-electron chi connectivity index (χ4n) is 1.75. The molecule has 1 saturated heterocycles. The molecule has 1 fully saturated rings. The van der Waals surface area contributed by atoms with Gasteiger partial charge in [0.2, 0.25) is 0 Å². The maximum Gasteiger partial charge on any atom is 0.514 e. The van der Waals surface area contributed by atoms with Crippen molar-refractivity contribution in [2.24, 2.45) is 0 Å². The van der Waals surface area contributed by atoms with Crippen LogP contribution in [0.4, 0.5) is 5.82 Å². The Balaban J connectivity index is 2.32. The Hall–Kier alpha value is -1.27. The highest BCUT2D eigenvalue weighted by atomic mass is 16.7. The molecule has 2 rings (SSSR count). The minimum atomic E-state index is -0.521. The molecule has 2 N–H and O–H groups in total. The summed E-state index contributed by atoms with van der Waals surface area (Å²) in [5.41, 5.74) is 5.58. The number of hydrogen-bond acceptors (Lipinski definition) is 5. The second-order valence-corrected chi connectivity index (χ2v) is 5.44. The molecule has 0 unspecified atom stereocenters. The van der Waals surface area contributed by atoms with Crippen molar-refractivity contribution in [2.75, 3.05) is 12.8 Å². The van der Waals surface area contributed by atoms with E-state index in [1.807, 2.05) is 27.7 Å². The minimum absolute atomic E-state index is 0.388. The molecule has 0 atom stereocenters. The van der Waals surface area contributed by atoms with Crippen molar-refractivity contribution < 1.29 is 14.0 Å². The summed E-state index contributed by atoms with van der Waals surface area (Å²) in [7, 11) is 1.07. The molecule has 1 aliphatic heterocycles. The fourth-order valence-corrected chi connectivity index (χ4v) is 1.75. The van der Waals surface area contributed by atoms with Gasteiger partial charge in [-0.25, -0.2) is 4.98 Å². The number of aromatic nitrogens is 1. The van der Waals surface area contributed by atoms with Gasteiger partial charge in [-0.15, -0.1) is 0 Å². The highest BCUT2D eigenvalue weighted by Gasteiger charge is 2.52. The number of hydrogen-bond donors (Lipinski definition) is 1. The molecule has 2 heterocycles. The molecule has 6 heteroatoms. The van der Waals surface area contributed by atoms with Crippen molar-refractivity contribution >= 4 is 18.5 Å². The van der Waals surface area contributed by atoms with E-state index in [9.17, 15) is 0 Å². The van der Waals surface area contributed by atoms with E-state index >= 15 is 0 Å². The average molecular weight is 250 g/mol. The van der Waals surface area contributed by atoms with Gasteiger partial charge in [-0.2, -0.15) is 0 Å². The van der Waals surface area contributed by atoms with Gasteiger partial charge < -0.3 is 19.8 Å². The van der Waals surface area contributed by atoms with Crippen LogP contribution in [0, 0.1) is 0 Å². The Morgan fingerprint density at radius 1 is 1.17 bits per heavy atom. The number of nitrogens with zero attached hydrogens (tertiary/aromatic N) is 1. The minimum Gasteiger partial charge on any atom is -0.497 e. The summed E-state index contributed by atoms with van der Waals surface area (Å²) in [6.45, 7) is 7.99. The molecule has 0 aromatic carbocycles. The van der Waals surface area contributed by atoms with Crippen LogP contribution in [0.3, 0.4) is 0 Å². The van der Waals surface area contributed by atoms with Crippen molar-refractivity contribution in [3.8, 4) is 5.75 Å². The van der Waals surface area contributed by atoms with Crippen LogP contribution in [0.2, 0.25) is 0 Å². The molecule has 0 saturated carbocycles. The highest BCUT2D eigenvalue weighted by Crippen LogP contribution is 2.36. The number of anilines is 1. The maximum absolute atomic E-state index is 5.91. The Kier molecular flexibility index (Phi) is 3.03. The standard InChI is InChI=1S/C12H19BN2O3/c1-11(2)12(3,4)18-13(17-11)9-6-8(16-5)7-10(14)15-9/h6-7H,1-5H3,(H2,14,15). The van der Waals surface area contributed by atoms with Crippen LogP contribution < -0.4 is 16.1 Å². The molecule has 1 aliphatic rings. The number of nitrogens with two attached hydrogens (primary N) is 1. The van der Waals surface area contributed by atoms with Gasteiger partial charge in [-0.05, 0) is 33.8 Å². The first kappa shape index (κ1) is 13.2. The van der Waals surface area contributed by atoms with E-state index in [4.69, 9.17) is 19.8 Å². The SMILES string of the molecule is COc1cc(N)nc(B2OC(C)(C)C(C)(C)O2)c1. The number of pyridine rings is 1. The van der Waals surface area contributed by atoms with E-state index in [0.29, 0.717) is 17.2 Å². The average Bonchev–Trinajstić information content (AvgIpc) is 2.47. The second kappa shape index (κ2) is 4.14. The van der Waals surface area contributed by atoms with E-state index in [2.05, 4.69) is 4.98 Å². The summed E-state index contributed by atoms with van der Waals surface area (Å²) in [5, 5.41) is 0. The Labute approximate surface area is 108 Å². The summed E-state index contributed by atoms with van der Waals surface area (Å²) in [4.78, 5) is 4.24. The quantitative estimate of drug-likeness (QED) is 0.792. The summed E-state index contributed by atoms with van der Waals surface area (Å²) in [5.74, 6) is 1.03. The van der Waals surface area contributed by atoms with Crippen molar-refractivity contribution in [2.45, 2.75) is 38.9 Å². The zero-order valence-electron chi connectivity index (χ0n) is 11.5. The van der Waals surface area contributed by atoms with Crippen LogP contribution in [-0.4, -0.2) is 30.4 Å². The van der Waals surface area contributed by atoms with Crippen LogP contribution in [0.15, 0.2) is 12.1 Å². The summed E-state index contributed by atoms with van der Waals surface area (Å²) in [6, 6.07) is 3.44. The highest BCUT2D eigenvalue weighted by molar-refractivity contribution is 6.61. The topological polar surface area (TPSA) is 66.6 Å². The molecule has 0 amide bonds. The number of methoxy groups -OCH3 is 1. The molecule has 0 aliphatic carbocycles. The number of nitrogen functional groups attached to an aromatic ring is 1. The second-order valence-electron chi connectivity index (χ2n) is 5.44. The van der Waals surface area contributed by atoms with E-state index in [1.165, 1.54) is 0 Å². The Morgan fingerprint density at radius 3 is 2.22 bits per heavy atom. The van der Waals surface area contributed by atoms with Gasteiger partial charge in [-0.3, -0.25) is 0 Å². The van der Waals surface area contributed by atoms with Gasteiger partial charge in [0.05, 0.1) is 23.9 Å². The van der Waals surface area contributed by atoms with Gasteiger partial charge in [0.1, 0.15) is 11.6 Å². The predicted octanol–water partition coefficient (Wildman–Crippen LogP) is 0.972. The first-order chi connectivity index (χ1) is 8.25. The van der Waals surface area contributed by atoms with Gasteiger partial charge in [0.25, 0.3) is 0 Å². The van der Waals surface area contributed by atoms with Crippen molar-refractivity contribution in [3.63, 3.8) is 0 Å². The molecule has 1 aromatic rings. The van der Waals surface area contributed by atoms with Gasteiger partial charge in [-0.1, -0.05) is 0 Å². The molecular weight excluding hydrogens is 231 g/mol. The van der Waals surface area contributed by atoms with E-state index in [-0.39, 0.29) is 0 Å². The van der Waals surface area contributed by atoms with Crippen molar-refractivity contribution in [1.82, 2.24) is 4.98 Å². The third kappa shape index (κ3) is 2.18. The van der Waals surface area contributed by atoms with Crippen LogP contribution >= 0.6 is 0 Å². The maximum atomic E-state index is 5.91. The van der Waals surface area contributed by atoms with Crippen molar-refractivity contribution in [1.29, 1.82) is 0 Å². The fraction of sp³-hybridized carbons (Fsp3) is 0.583. The third-order valence-corrected chi connectivity index (χ3v) is 3.57. The van der Waals surface area contributed by atoms with Crippen LogP contribution in [0.1, 0.15) is 27.7 Å². The predicted molar refractivity (Wildman–Crippen MR) is 70.9 cm³/mol. The Morgan fingerprint density at radius 2 is 1.72 bits per heavy atom. The van der Waals surface area contributed by atoms with Crippen molar-refractivity contribution in [3.05, 3.63) is 12.1 Å². The van der Waals surface area contributed by atoms with Crippen LogP contribution in [0.5, 0.6) is 5.75 Å². The number of rotatable bonds is 2. The van der Waals surface area contributed by atoms with E-state index < -0.39 is 18.3 Å². The lowest BCUT2D eigenvalue weighted by Gasteiger charge is -2.32. The van der Waals surface area contributed by atoms with Gasteiger partial charge in [0.15, 0.2) is 0 Å². The van der Waals surface area contributed by atoms with E-state index in [0.717, 1.165) is 0 Å². The van der Waals surface area contributed by atoms with Crippen LogP contribution in [-0.2, 0) is 9.31 Å². The molecule has 0 spiro atoms. The lowest BCUT2D eigenvalue weighted by molar-refractivity contribution is 0.00578. The first-order valence-corrected chi connectivity index (χ1v) is 5.92. The third-order valence-electron chi connectivity index (χ3n) is 3.57. The molecule has 5 nitrogen and oxygen atoms in total. The molecular formula is C12H19BN2O3. The van der Waals surface area contributed by atoms with E-state index in [1.54, 1.807) is 19.2 Å². The Bertz CT molecular complexity index is 447. The lowest BCUT2D eigenvalue weighted by atomic mass is 9.84. The zero-order chi connectivity index (χ0) is 13.6. The summed E-state index contributed by atoms with van der Waals surface area (Å²) < 4.78 is 17.0. The van der Waals surface area contributed by atoms with Gasteiger partial charge >= 0.3 is 7.12 Å². The molecule has 18 heavy (non-hydrogen) atoms. The summed E-state index contributed by atoms with van der Waals surface area (Å²) in [6.07, 6.45) is 0. The summed E-state index contributed by atoms with van der Waals surface area (Å²) >= 11 is 0. The zero-order valence-corrected chi connectivity index (χ0v) is 11.5. The normalized spacial score (nSPS) is 21.1. The smallest absolute Gasteiger partial charge is 0.497 e. The molecule has 98 valence electrons.